The zero-order valence-electron chi connectivity index (χ0n) is 21.7. The number of benzene rings is 2. The molecule has 0 aliphatic carbocycles. The standard InChI is InChI=1S/C28H38O5/c1-26(2,3)31-21-13-11-12-19(16-21)23(29)15-14-20-17-22(32-27(4,5)6)18-24(30-10)25(20)33-28(7,8)9/h11-18H,1-10H3. The Hall–Kier alpha value is -2.95. The highest BCUT2D eigenvalue weighted by atomic mass is 16.5. The summed E-state index contributed by atoms with van der Waals surface area (Å²) in [5.41, 5.74) is 0.0484. The summed E-state index contributed by atoms with van der Waals surface area (Å²) in [5, 5.41) is 0. The van der Waals surface area contributed by atoms with Gasteiger partial charge in [-0.15, -0.1) is 0 Å². The third kappa shape index (κ3) is 8.83. The van der Waals surface area contributed by atoms with Gasteiger partial charge in [0.2, 0.25) is 0 Å². The number of ether oxygens (including phenoxy) is 4. The minimum Gasteiger partial charge on any atom is -0.493 e. The van der Waals surface area contributed by atoms with Crippen molar-refractivity contribution in [1.82, 2.24) is 0 Å². The number of ketones is 1. The van der Waals surface area contributed by atoms with E-state index in [2.05, 4.69) is 0 Å². The smallest absolute Gasteiger partial charge is 0.185 e. The number of rotatable bonds is 7. The molecule has 0 saturated carbocycles. The van der Waals surface area contributed by atoms with Crippen LogP contribution in [-0.4, -0.2) is 29.7 Å². The van der Waals surface area contributed by atoms with Gasteiger partial charge in [-0.3, -0.25) is 4.79 Å². The van der Waals surface area contributed by atoms with E-state index in [1.807, 2.05) is 80.5 Å². The van der Waals surface area contributed by atoms with Crippen LogP contribution in [0.2, 0.25) is 0 Å². The predicted molar refractivity (Wildman–Crippen MR) is 134 cm³/mol. The van der Waals surface area contributed by atoms with E-state index < -0.39 is 5.60 Å². The minimum absolute atomic E-state index is 0.142. The van der Waals surface area contributed by atoms with Gasteiger partial charge in [0.05, 0.1) is 7.11 Å². The number of carbonyl (C=O) groups excluding carboxylic acids is 1. The first-order chi connectivity index (χ1) is 15.1. The number of hydrogen-bond donors (Lipinski definition) is 0. The Kier molecular flexibility index (Phi) is 7.89. The van der Waals surface area contributed by atoms with Crippen molar-refractivity contribution in [3.05, 3.63) is 53.6 Å². The molecule has 0 unspecified atom stereocenters. The van der Waals surface area contributed by atoms with Crippen LogP contribution in [0.3, 0.4) is 0 Å². The first-order valence-electron chi connectivity index (χ1n) is 11.2. The van der Waals surface area contributed by atoms with Crippen LogP contribution in [0.15, 0.2) is 42.5 Å². The molecule has 2 aromatic carbocycles. The number of methoxy groups -OCH3 is 1. The Bertz CT molecular complexity index is 998. The third-order valence-corrected chi connectivity index (χ3v) is 4.07. The van der Waals surface area contributed by atoms with Gasteiger partial charge in [-0.25, -0.2) is 0 Å². The zero-order chi connectivity index (χ0) is 25.0. The van der Waals surface area contributed by atoms with E-state index in [9.17, 15) is 4.79 Å². The number of allylic oxidation sites excluding steroid dienone is 1. The van der Waals surface area contributed by atoms with Crippen LogP contribution >= 0.6 is 0 Å². The van der Waals surface area contributed by atoms with E-state index in [1.54, 1.807) is 31.4 Å². The Labute approximate surface area is 198 Å². The Morgan fingerprint density at radius 2 is 1.33 bits per heavy atom. The zero-order valence-corrected chi connectivity index (χ0v) is 21.7. The average molecular weight is 455 g/mol. The van der Waals surface area contributed by atoms with E-state index in [0.717, 1.165) is 0 Å². The van der Waals surface area contributed by atoms with Crippen LogP contribution in [0, 0.1) is 0 Å². The van der Waals surface area contributed by atoms with Crippen molar-refractivity contribution < 1.29 is 23.7 Å². The minimum atomic E-state index is -0.453. The first kappa shape index (κ1) is 26.3. The van der Waals surface area contributed by atoms with Crippen LogP contribution in [0.5, 0.6) is 23.0 Å². The van der Waals surface area contributed by atoms with Gasteiger partial charge < -0.3 is 18.9 Å². The molecule has 0 amide bonds. The molecule has 0 radical (unpaired) electrons. The lowest BCUT2D eigenvalue weighted by molar-refractivity contribution is 0.104. The normalized spacial score (nSPS) is 12.5. The molecule has 0 heterocycles. The summed E-state index contributed by atoms with van der Waals surface area (Å²) in [5.74, 6) is 2.24. The van der Waals surface area contributed by atoms with Crippen LogP contribution in [0.1, 0.15) is 78.2 Å². The van der Waals surface area contributed by atoms with Crippen molar-refractivity contribution in [2.75, 3.05) is 7.11 Å². The van der Waals surface area contributed by atoms with Crippen molar-refractivity contribution >= 4 is 11.9 Å². The SMILES string of the molecule is COc1cc(OC(C)(C)C)cc(C=CC(=O)c2cccc(OC(C)(C)C)c2)c1OC(C)(C)C. The molecular formula is C28H38O5. The molecule has 180 valence electrons. The second-order valence-electron chi connectivity index (χ2n) is 10.9. The molecule has 5 heteroatoms. The highest BCUT2D eigenvalue weighted by Gasteiger charge is 2.21. The topological polar surface area (TPSA) is 54.0 Å². The third-order valence-electron chi connectivity index (χ3n) is 4.07. The first-order valence-corrected chi connectivity index (χ1v) is 11.2. The van der Waals surface area contributed by atoms with Crippen LogP contribution in [0.25, 0.3) is 6.08 Å². The van der Waals surface area contributed by atoms with Gasteiger partial charge in [-0.05, 0) is 92.7 Å². The molecule has 0 saturated heterocycles. The van der Waals surface area contributed by atoms with Gasteiger partial charge in [0, 0.05) is 17.2 Å². The monoisotopic (exact) mass is 454 g/mol. The largest absolute Gasteiger partial charge is 0.493 e. The van der Waals surface area contributed by atoms with Crippen molar-refractivity contribution in [2.45, 2.75) is 79.1 Å². The Morgan fingerprint density at radius 3 is 1.88 bits per heavy atom. The second kappa shape index (κ2) is 9.90. The fraction of sp³-hybridized carbons (Fsp3) is 0.464. The molecule has 0 bridgehead atoms. The van der Waals surface area contributed by atoms with Gasteiger partial charge in [-0.2, -0.15) is 0 Å². The van der Waals surface area contributed by atoms with Crippen LogP contribution in [0.4, 0.5) is 0 Å². The maximum absolute atomic E-state index is 13.0. The molecule has 5 nitrogen and oxygen atoms in total. The fourth-order valence-corrected chi connectivity index (χ4v) is 3.03. The Morgan fingerprint density at radius 1 is 0.758 bits per heavy atom. The van der Waals surface area contributed by atoms with Crippen LogP contribution in [-0.2, 0) is 0 Å². The summed E-state index contributed by atoms with van der Waals surface area (Å²) >= 11 is 0. The molecule has 0 fully saturated rings. The molecule has 0 aromatic heterocycles. The summed E-state index contributed by atoms with van der Waals surface area (Å²) in [4.78, 5) is 13.0. The van der Waals surface area contributed by atoms with E-state index in [4.69, 9.17) is 18.9 Å². The maximum Gasteiger partial charge on any atom is 0.185 e. The van der Waals surface area contributed by atoms with Crippen molar-refractivity contribution in [2.24, 2.45) is 0 Å². The quantitative estimate of drug-likeness (QED) is 0.329. The van der Waals surface area contributed by atoms with Gasteiger partial charge in [-0.1, -0.05) is 12.1 Å². The summed E-state index contributed by atoms with van der Waals surface area (Å²) in [7, 11) is 1.59. The van der Waals surface area contributed by atoms with Gasteiger partial charge in [0.15, 0.2) is 17.3 Å². The van der Waals surface area contributed by atoms with Crippen molar-refractivity contribution in [1.29, 1.82) is 0 Å². The van der Waals surface area contributed by atoms with Crippen molar-refractivity contribution in [3.8, 4) is 23.0 Å². The maximum atomic E-state index is 13.0. The Balaban J connectivity index is 2.45. The molecule has 2 rings (SSSR count). The van der Waals surface area contributed by atoms with Crippen LogP contribution < -0.4 is 18.9 Å². The van der Waals surface area contributed by atoms with Gasteiger partial charge >= 0.3 is 0 Å². The summed E-state index contributed by atoms with van der Waals surface area (Å²) in [6, 6.07) is 10.9. The molecule has 0 atom stereocenters. The van der Waals surface area contributed by atoms with E-state index in [1.165, 1.54) is 6.08 Å². The van der Waals surface area contributed by atoms with E-state index in [-0.39, 0.29) is 17.0 Å². The molecule has 2 aromatic rings. The average Bonchev–Trinajstić information content (AvgIpc) is 2.64. The molecule has 0 aliphatic heterocycles. The summed E-state index contributed by atoms with van der Waals surface area (Å²) < 4.78 is 23.7. The predicted octanol–water partition coefficient (Wildman–Crippen LogP) is 7.12. The van der Waals surface area contributed by atoms with E-state index in [0.29, 0.717) is 34.1 Å². The number of hydrogen-bond acceptors (Lipinski definition) is 5. The summed E-state index contributed by atoms with van der Waals surface area (Å²) in [6.07, 6.45) is 3.26. The molecule has 33 heavy (non-hydrogen) atoms. The van der Waals surface area contributed by atoms with E-state index >= 15 is 0 Å². The highest BCUT2D eigenvalue weighted by Crippen LogP contribution is 2.39. The molecule has 0 spiro atoms. The van der Waals surface area contributed by atoms with Crippen molar-refractivity contribution in [3.63, 3.8) is 0 Å². The van der Waals surface area contributed by atoms with Gasteiger partial charge in [0.25, 0.3) is 0 Å². The molecular weight excluding hydrogens is 416 g/mol. The van der Waals surface area contributed by atoms with Gasteiger partial charge in [0.1, 0.15) is 28.3 Å². The second-order valence-corrected chi connectivity index (χ2v) is 10.9. The summed E-state index contributed by atoms with van der Waals surface area (Å²) in [6.45, 7) is 17.7. The lowest BCUT2D eigenvalue weighted by Gasteiger charge is -2.26. The lowest BCUT2D eigenvalue weighted by atomic mass is 10.1. The molecule has 0 N–H and O–H groups in total. The lowest BCUT2D eigenvalue weighted by Crippen LogP contribution is -2.25. The highest BCUT2D eigenvalue weighted by molar-refractivity contribution is 6.07. The molecule has 0 aliphatic rings. The number of carbonyl (C=O) groups is 1. The fourth-order valence-electron chi connectivity index (χ4n) is 3.03.